The van der Waals surface area contributed by atoms with Crippen molar-refractivity contribution in [1.29, 1.82) is 0 Å². The highest BCUT2D eigenvalue weighted by Crippen LogP contribution is 2.30. The Hall–Kier alpha value is -1.72. The molecule has 0 unspecified atom stereocenters. The van der Waals surface area contributed by atoms with Crippen LogP contribution in [0.4, 0.5) is 0 Å². The molecule has 6 heteroatoms. The maximum Gasteiger partial charge on any atom is 0.138 e. The summed E-state index contributed by atoms with van der Waals surface area (Å²) in [6.07, 6.45) is 9.43. The minimum atomic E-state index is 0.618. The van der Waals surface area contributed by atoms with Gasteiger partial charge < -0.3 is 0 Å². The first-order valence-corrected chi connectivity index (χ1v) is 5.15. The molecular weight excluding hydrogens is 192 g/mol. The van der Waals surface area contributed by atoms with E-state index in [0.29, 0.717) is 12.6 Å². The van der Waals surface area contributed by atoms with E-state index in [2.05, 4.69) is 31.5 Å². The Morgan fingerprint density at radius 3 is 3.00 bits per heavy atom. The van der Waals surface area contributed by atoms with Gasteiger partial charge in [0.05, 0.1) is 18.8 Å². The maximum atomic E-state index is 4.35. The first kappa shape index (κ1) is 8.58. The summed E-state index contributed by atoms with van der Waals surface area (Å²) in [7, 11) is 0. The van der Waals surface area contributed by atoms with Crippen LogP contribution in [0.3, 0.4) is 0 Å². The molecule has 0 aromatic carbocycles. The predicted octanol–water partition coefficient (Wildman–Crippen LogP) is 0.643. The maximum absolute atomic E-state index is 4.35. The summed E-state index contributed by atoms with van der Waals surface area (Å²) >= 11 is 0. The molecule has 0 bridgehead atoms. The van der Waals surface area contributed by atoms with Crippen LogP contribution in [0.5, 0.6) is 0 Å². The summed E-state index contributed by atoms with van der Waals surface area (Å²) in [6.45, 7) is 0.694. The fourth-order valence-corrected chi connectivity index (χ4v) is 1.75. The molecule has 0 saturated heterocycles. The second-order valence-corrected chi connectivity index (χ2v) is 3.92. The highest BCUT2D eigenvalue weighted by atomic mass is 15.5. The van der Waals surface area contributed by atoms with Crippen LogP contribution in [-0.2, 0) is 6.54 Å². The van der Waals surface area contributed by atoms with Crippen molar-refractivity contribution in [2.75, 3.05) is 0 Å². The van der Waals surface area contributed by atoms with Crippen molar-refractivity contribution >= 4 is 0 Å². The summed E-state index contributed by atoms with van der Waals surface area (Å²) in [6, 6.07) is 0.618. The molecule has 0 N–H and O–H groups in total. The van der Waals surface area contributed by atoms with Crippen LogP contribution in [-0.4, -0.2) is 30.0 Å². The molecule has 0 radical (unpaired) electrons. The fraction of sp³-hybridized carbons (Fsp3) is 0.556. The van der Waals surface area contributed by atoms with Crippen molar-refractivity contribution in [2.45, 2.75) is 31.8 Å². The van der Waals surface area contributed by atoms with Crippen LogP contribution in [0.25, 0.3) is 0 Å². The van der Waals surface area contributed by atoms with Crippen molar-refractivity contribution in [3.63, 3.8) is 0 Å². The molecule has 1 aliphatic rings. The topological polar surface area (TPSA) is 61.4 Å². The van der Waals surface area contributed by atoms with Gasteiger partial charge in [0, 0.05) is 11.8 Å². The van der Waals surface area contributed by atoms with E-state index < -0.39 is 0 Å². The quantitative estimate of drug-likeness (QED) is 0.736. The number of tetrazole rings is 1. The van der Waals surface area contributed by atoms with Gasteiger partial charge in [0.2, 0.25) is 0 Å². The van der Waals surface area contributed by atoms with E-state index in [0.717, 1.165) is 5.56 Å². The van der Waals surface area contributed by atoms with Gasteiger partial charge in [-0.25, -0.2) is 4.68 Å². The van der Waals surface area contributed by atoms with Crippen LogP contribution in [0.1, 0.15) is 30.9 Å². The molecule has 0 spiro atoms. The average molecular weight is 204 g/mol. The van der Waals surface area contributed by atoms with E-state index in [9.17, 15) is 0 Å². The molecule has 1 aliphatic carbocycles. The number of rotatable bonds is 3. The molecular formula is C9H12N6. The van der Waals surface area contributed by atoms with E-state index in [1.54, 1.807) is 11.0 Å². The van der Waals surface area contributed by atoms with Gasteiger partial charge in [-0.2, -0.15) is 5.10 Å². The van der Waals surface area contributed by atoms with Gasteiger partial charge in [-0.15, -0.1) is 5.10 Å². The second-order valence-electron chi connectivity index (χ2n) is 3.92. The van der Waals surface area contributed by atoms with Crippen molar-refractivity contribution in [1.82, 2.24) is 30.0 Å². The average Bonchev–Trinajstić information content (AvgIpc) is 2.75. The van der Waals surface area contributed by atoms with E-state index in [1.807, 2.05) is 6.20 Å². The molecule has 1 fully saturated rings. The van der Waals surface area contributed by atoms with Crippen molar-refractivity contribution in [3.8, 4) is 0 Å². The summed E-state index contributed by atoms with van der Waals surface area (Å²) in [5.74, 6) is 0. The van der Waals surface area contributed by atoms with Gasteiger partial charge in [-0.1, -0.05) is 0 Å². The number of hydrogen-bond donors (Lipinski definition) is 0. The zero-order chi connectivity index (χ0) is 10.1. The Kier molecular flexibility index (Phi) is 1.97. The van der Waals surface area contributed by atoms with Crippen molar-refractivity contribution in [2.24, 2.45) is 0 Å². The number of hydrogen-bond acceptors (Lipinski definition) is 4. The molecule has 0 aliphatic heterocycles. The Labute approximate surface area is 86.9 Å². The lowest BCUT2D eigenvalue weighted by Crippen LogP contribution is -2.17. The molecule has 2 heterocycles. The molecule has 0 amide bonds. The Morgan fingerprint density at radius 1 is 1.40 bits per heavy atom. The van der Waals surface area contributed by atoms with E-state index in [4.69, 9.17) is 0 Å². The van der Waals surface area contributed by atoms with Gasteiger partial charge in [-0.3, -0.25) is 4.68 Å². The molecule has 1 saturated carbocycles. The third kappa shape index (κ3) is 1.62. The van der Waals surface area contributed by atoms with Gasteiger partial charge >= 0.3 is 0 Å². The lowest BCUT2D eigenvalue weighted by Gasteiger charge is -2.25. The Bertz CT molecular complexity index is 427. The van der Waals surface area contributed by atoms with Gasteiger partial charge in [0.1, 0.15) is 6.33 Å². The molecule has 15 heavy (non-hydrogen) atoms. The summed E-state index contributed by atoms with van der Waals surface area (Å²) < 4.78 is 3.76. The molecule has 0 atom stereocenters. The zero-order valence-corrected chi connectivity index (χ0v) is 8.32. The van der Waals surface area contributed by atoms with Crippen LogP contribution in [0, 0.1) is 0 Å². The highest BCUT2D eigenvalue weighted by Gasteiger charge is 2.19. The molecule has 3 rings (SSSR count). The van der Waals surface area contributed by atoms with Crippen LogP contribution < -0.4 is 0 Å². The largest absolute Gasteiger partial charge is 0.269 e. The van der Waals surface area contributed by atoms with E-state index in [-0.39, 0.29) is 0 Å². The Morgan fingerprint density at radius 2 is 2.33 bits per heavy atom. The van der Waals surface area contributed by atoms with Crippen LogP contribution in [0.2, 0.25) is 0 Å². The van der Waals surface area contributed by atoms with Gasteiger partial charge in [0.25, 0.3) is 0 Å². The van der Waals surface area contributed by atoms with Crippen LogP contribution >= 0.6 is 0 Å². The Balaban J connectivity index is 1.73. The lowest BCUT2D eigenvalue weighted by atomic mass is 9.93. The van der Waals surface area contributed by atoms with Gasteiger partial charge in [-0.05, 0) is 29.7 Å². The normalized spacial score (nSPS) is 16.5. The standard InChI is InChI=1S/C9H12N6/c1-2-9(3-1)15-6-8(4-11-15)5-14-7-10-12-13-14/h4,6-7,9H,1-3,5H2. The lowest BCUT2D eigenvalue weighted by molar-refractivity contribution is 0.289. The molecule has 6 nitrogen and oxygen atoms in total. The van der Waals surface area contributed by atoms with Crippen molar-refractivity contribution in [3.05, 3.63) is 24.3 Å². The SMILES string of the molecule is c1nn(C2CCC2)cc1Cn1cnnn1. The summed E-state index contributed by atoms with van der Waals surface area (Å²) in [5.41, 5.74) is 1.15. The van der Waals surface area contributed by atoms with Gasteiger partial charge in [0.15, 0.2) is 0 Å². The molecule has 2 aromatic heterocycles. The third-order valence-corrected chi connectivity index (χ3v) is 2.84. The number of nitrogens with zero attached hydrogens (tertiary/aromatic N) is 6. The van der Waals surface area contributed by atoms with Crippen LogP contribution in [0.15, 0.2) is 18.7 Å². The fourth-order valence-electron chi connectivity index (χ4n) is 1.75. The number of aromatic nitrogens is 6. The summed E-state index contributed by atoms with van der Waals surface area (Å²) in [5, 5.41) is 15.4. The minimum Gasteiger partial charge on any atom is -0.269 e. The zero-order valence-electron chi connectivity index (χ0n) is 8.32. The summed E-state index contributed by atoms with van der Waals surface area (Å²) in [4.78, 5) is 0. The predicted molar refractivity (Wildman–Crippen MR) is 52.0 cm³/mol. The first-order valence-electron chi connectivity index (χ1n) is 5.15. The third-order valence-electron chi connectivity index (χ3n) is 2.84. The smallest absolute Gasteiger partial charge is 0.138 e. The molecule has 2 aromatic rings. The van der Waals surface area contributed by atoms with E-state index in [1.165, 1.54) is 19.3 Å². The molecule has 78 valence electrons. The first-order chi connectivity index (χ1) is 7.42. The van der Waals surface area contributed by atoms with E-state index >= 15 is 0 Å². The second kappa shape index (κ2) is 3.45. The highest BCUT2D eigenvalue weighted by molar-refractivity contribution is 5.05. The van der Waals surface area contributed by atoms with Crippen molar-refractivity contribution < 1.29 is 0 Å². The monoisotopic (exact) mass is 204 g/mol. The minimum absolute atomic E-state index is 0.618.